The lowest BCUT2D eigenvalue weighted by molar-refractivity contribution is -0.110. The molecule has 0 radical (unpaired) electrons. The van der Waals surface area contributed by atoms with Crippen molar-refractivity contribution in [3.63, 3.8) is 0 Å². The van der Waals surface area contributed by atoms with Gasteiger partial charge < -0.3 is 25.4 Å². The number of carbonyl (C=O) groups excluding carboxylic acids is 1. The third kappa shape index (κ3) is 5.22. The predicted octanol–water partition coefficient (Wildman–Crippen LogP) is 4.78. The highest BCUT2D eigenvalue weighted by Gasteiger charge is 2.29. The molecule has 7 nitrogen and oxygen atoms in total. The molecule has 3 N–H and O–H groups in total. The zero-order valence-electron chi connectivity index (χ0n) is 18.5. The second-order valence-electron chi connectivity index (χ2n) is 8.02. The number of nitrogens with zero attached hydrogens (tertiary/aromatic N) is 1. The second-order valence-corrected chi connectivity index (χ2v) is 8.02. The molecular weight excluding hydrogens is 418 g/mol. The van der Waals surface area contributed by atoms with Gasteiger partial charge in [0.05, 0.1) is 11.3 Å². The van der Waals surface area contributed by atoms with Crippen LogP contribution in [0, 0.1) is 0 Å². The van der Waals surface area contributed by atoms with E-state index in [1.165, 1.54) is 11.6 Å². The molecule has 1 aliphatic heterocycles. The van der Waals surface area contributed by atoms with E-state index in [1.807, 2.05) is 56.6 Å². The zero-order chi connectivity index (χ0) is 23.4. The summed E-state index contributed by atoms with van der Waals surface area (Å²) in [5, 5.41) is 15.2. The topological polar surface area (TPSA) is 90.9 Å². The van der Waals surface area contributed by atoms with Crippen LogP contribution in [0.3, 0.4) is 0 Å². The maximum absolute atomic E-state index is 13.0. The number of likely N-dealkylation sites (N-methyl/N-ethyl adjacent to an activating group) is 1. The summed E-state index contributed by atoms with van der Waals surface area (Å²) in [4.78, 5) is 26.1. The first kappa shape index (κ1) is 22.1. The molecule has 0 aromatic heterocycles. The van der Waals surface area contributed by atoms with E-state index >= 15 is 0 Å². The first-order chi connectivity index (χ1) is 15.9. The van der Waals surface area contributed by atoms with Crippen LogP contribution >= 0.6 is 0 Å². The average molecular weight is 444 g/mol. The number of carboxylic acid groups (broad SMARTS) is 1. The van der Waals surface area contributed by atoms with Gasteiger partial charge in [-0.15, -0.1) is 0 Å². The minimum Gasteiger partial charge on any atom is -0.449 e. The Morgan fingerprint density at radius 2 is 1.76 bits per heavy atom. The van der Waals surface area contributed by atoms with E-state index < -0.39 is 6.16 Å². The van der Waals surface area contributed by atoms with Crippen LogP contribution in [0.25, 0.3) is 11.3 Å². The van der Waals surface area contributed by atoms with Crippen LogP contribution in [0.5, 0.6) is 5.75 Å². The molecule has 3 aromatic rings. The molecule has 0 aliphatic carbocycles. The molecule has 0 unspecified atom stereocenters. The fraction of sp³-hybridized carbons (Fsp3) is 0.154. The molecule has 33 heavy (non-hydrogen) atoms. The number of amides is 1. The number of carbonyl (C=O) groups is 2. The van der Waals surface area contributed by atoms with Gasteiger partial charge in [0.25, 0.3) is 5.91 Å². The highest BCUT2D eigenvalue weighted by atomic mass is 16.7. The third-order valence-corrected chi connectivity index (χ3v) is 5.32. The van der Waals surface area contributed by atoms with Gasteiger partial charge in [-0.25, -0.2) is 4.79 Å². The molecule has 7 heteroatoms. The van der Waals surface area contributed by atoms with Gasteiger partial charge in [0, 0.05) is 23.5 Å². The van der Waals surface area contributed by atoms with Crippen LogP contribution in [0.2, 0.25) is 0 Å². The molecule has 168 valence electrons. The Balaban J connectivity index is 1.75. The minimum atomic E-state index is -1.41. The van der Waals surface area contributed by atoms with Gasteiger partial charge in [-0.3, -0.25) is 4.79 Å². The number of fused-ring (bicyclic) bond motifs is 1. The standard InChI is InChI=1S/C26H25N3O4/c1-29(2)15-14-17-8-10-19(11-9-17)27-24(18-6-4-3-5-7-18)23-21-16-20(33-26(31)32)12-13-22(21)28-25(23)30/h3-13,16,27H,14-15H2,1-2H3,(H,28,30)(H,31,32)/b24-23-. The van der Waals surface area contributed by atoms with Gasteiger partial charge in [-0.2, -0.15) is 0 Å². The van der Waals surface area contributed by atoms with Crippen molar-refractivity contribution in [1.82, 2.24) is 4.90 Å². The summed E-state index contributed by atoms with van der Waals surface area (Å²) >= 11 is 0. The monoisotopic (exact) mass is 443 g/mol. The lowest BCUT2D eigenvalue weighted by Gasteiger charge is -2.16. The molecule has 0 saturated carbocycles. The maximum Gasteiger partial charge on any atom is 0.511 e. The van der Waals surface area contributed by atoms with Gasteiger partial charge >= 0.3 is 6.16 Å². The number of nitrogens with one attached hydrogen (secondary N) is 2. The van der Waals surface area contributed by atoms with E-state index in [2.05, 4.69) is 27.7 Å². The highest BCUT2D eigenvalue weighted by Crippen LogP contribution is 2.39. The average Bonchev–Trinajstić information content (AvgIpc) is 3.12. The maximum atomic E-state index is 13.0. The summed E-state index contributed by atoms with van der Waals surface area (Å²) in [7, 11) is 4.09. The number of rotatable bonds is 7. The Bertz CT molecular complexity index is 1200. The van der Waals surface area contributed by atoms with E-state index in [9.17, 15) is 9.59 Å². The summed E-state index contributed by atoms with van der Waals surface area (Å²) < 4.78 is 4.81. The van der Waals surface area contributed by atoms with Crippen LogP contribution in [0.1, 0.15) is 16.7 Å². The lowest BCUT2D eigenvalue weighted by atomic mass is 9.99. The Kier molecular flexibility index (Phi) is 6.42. The second kappa shape index (κ2) is 9.58. The molecule has 1 aliphatic rings. The van der Waals surface area contributed by atoms with Crippen molar-refractivity contribution < 1.29 is 19.4 Å². The van der Waals surface area contributed by atoms with Gasteiger partial charge in [-0.1, -0.05) is 42.5 Å². The summed E-state index contributed by atoms with van der Waals surface area (Å²) in [5.41, 5.74) is 5.12. The molecule has 3 aromatic carbocycles. The smallest absolute Gasteiger partial charge is 0.449 e. The number of benzene rings is 3. The van der Waals surface area contributed by atoms with Gasteiger partial charge in [0.2, 0.25) is 0 Å². The molecule has 0 fully saturated rings. The Labute approximate surface area is 192 Å². The molecule has 0 atom stereocenters. The number of hydrogen-bond donors (Lipinski definition) is 3. The lowest BCUT2D eigenvalue weighted by Crippen LogP contribution is -2.15. The van der Waals surface area contributed by atoms with Crippen molar-refractivity contribution in [2.45, 2.75) is 6.42 Å². The molecular formula is C26H25N3O4. The number of anilines is 2. The predicted molar refractivity (Wildman–Crippen MR) is 129 cm³/mol. The minimum absolute atomic E-state index is 0.146. The molecule has 0 bridgehead atoms. The fourth-order valence-electron chi connectivity index (χ4n) is 3.69. The summed E-state index contributed by atoms with van der Waals surface area (Å²) in [6.07, 6.45) is -0.462. The molecule has 0 spiro atoms. The Morgan fingerprint density at radius 1 is 1.03 bits per heavy atom. The van der Waals surface area contributed by atoms with Crippen molar-refractivity contribution in [3.05, 3.63) is 89.5 Å². The first-order valence-electron chi connectivity index (χ1n) is 10.6. The van der Waals surface area contributed by atoms with Crippen molar-refractivity contribution in [2.24, 2.45) is 0 Å². The van der Waals surface area contributed by atoms with Crippen LogP contribution in [-0.4, -0.2) is 42.7 Å². The molecule has 4 rings (SSSR count). The van der Waals surface area contributed by atoms with Gasteiger partial charge in [0.15, 0.2) is 0 Å². The van der Waals surface area contributed by atoms with E-state index in [-0.39, 0.29) is 11.7 Å². The van der Waals surface area contributed by atoms with Crippen LogP contribution in [0.15, 0.2) is 72.8 Å². The van der Waals surface area contributed by atoms with E-state index in [4.69, 9.17) is 9.84 Å². The summed E-state index contributed by atoms with van der Waals surface area (Å²) in [6, 6.07) is 22.4. The summed E-state index contributed by atoms with van der Waals surface area (Å²) in [5.74, 6) is -0.126. The van der Waals surface area contributed by atoms with Crippen LogP contribution in [0.4, 0.5) is 16.2 Å². The normalized spacial score (nSPS) is 14.0. The fourth-order valence-corrected chi connectivity index (χ4v) is 3.69. The van der Waals surface area contributed by atoms with Gasteiger partial charge in [-0.05, 0) is 62.0 Å². The largest absolute Gasteiger partial charge is 0.511 e. The van der Waals surface area contributed by atoms with Crippen molar-refractivity contribution >= 4 is 34.7 Å². The van der Waals surface area contributed by atoms with Gasteiger partial charge in [0.1, 0.15) is 5.75 Å². The molecule has 1 heterocycles. The zero-order valence-corrected chi connectivity index (χ0v) is 18.5. The third-order valence-electron chi connectivity index (χ3n) is 5.32. The van der Waals surface area contributed by atoms with E-state index in [0.29, 0.717) is 22.5 Å². The molecule has 1 amide bonds. The highest BCUT2D eigenvalue weighted by molar-refractivity contribution is 6.37. The van der Waals surface area contributed by atoms with E-state index in [1.54, 1.807) is 12.1 Å². The Hall–Kier alpha value is -4.10. The first-order valence-corrected chi connectivity index (χ1v) is 10.6. The number of hydrogen-bond acceptors (Lipinski definition) is 5. The quantitative estimate of drug-likeness (QED) is 0.277. The molecule has 0 saturated heterocycles. The van der Waals surface area contributed by atoms with Crippen LogP contribution in [-0.2, 0) is 11.2 Å². The Morgan fingerprint density at radius 3 is 2.42 bits per heavy atom. The van der Waals surface area contributed by atoms with Crippen molar-refractivity contribution in [2.75, 3.05) is 31.3 Å². The van der Waals surface area contributed by atoms with Crippen molar-refractivity contribution in [1.29, 1.82) is 0 Å². The SMILES string of the molecule is CN(C)CCc1ccc(N/C(=C2\C(=O)Nc3ccc(OC(=O)O)cc32)c2ccccc2)cc1. The number of ether oxygens (including phenoxy) is 1. The van der Waals surface area contributed by atoms with E-state index in [0.717, 1.165) is 24.2 Å². The van der Waals surface area contributed by atoms with Crippen molar-refractivity contribution in [3.8, 4) is 5.75 Å². The summed E-state index contributed by atoms with van der Waals surface area (Å²) in [6.45, 7) is 0.962. The van der Waals surface area contributed by atoms with Crippen LogP contribution < -0.4 is 15.4 Å².